The van der Waals surface area contributed by atoms with Crippen LogP contribution in [0.3, 0.4) is 0 Å². The number of carboxylic acids is 1. The van der Waals surface area contributed by atoms with Gasteiger partial charge in [0.25, 0.3) is 0 Å². The monoisotopic (exact) mass is 461 g/mol. The van der Waals surface area contributed by atoms with Gasteiger partial charge in [0.2, 0.25) is 5.91 Å². The number of nitrogens with one attached hydrogen (secondary N) is 1. The van der Waals surface area contributed by atoms with E-state index < -0.39 is 18.0 Å². The Morgan fingerprint density at radius 2 is 1.81 bits per heavy atom. The average Bonchev–Trinajstić information content (AvgIpc) is 2.74. The van der Waals surface area contributed by atoms with Gasteiger partial charge >= 0.3 is 11.9 Å². The Morgan fingerprint density at radius 3 is 2.44 bits per heavy atom. The SMILES string of the molecule is CCOC(=O)CC(Cc1ccc(-c2cc(Cl)ccc2OC)cc1)NC(=O)CCCC(=O)O. The number of carbonyl (C=O) groups is 3. The van der Waals surface area contributed by atoms with E-state index in [-0.39, 0.29) is 38.2 Å². The molecule has 2 N–H and O–H groups in total. The number of esters is 1. The van der Waals surface area contributed by atoms with Gasteiger partial charge in [0, 0.05) is 29.5 Å². The lowest BCUT2D eigenvalue weighted by atomic mass is 9.98. The minimum absolute atomic E-state index is 0.0301. The van der Waals surface area contributed by atoms with Crippen molar-refractivity contribution in [3.63, 3.8) is 0 Å². The van der Waals surface area contributed by atoms with E-state index in [1.165, 1.54) is 0 Å². The second-order valence-electron chi connectivity index (χ2n) is 7.27. The lowest BCUT2D eigenvalue weighted by Gasteiger charge is -2.18. The van der Waals surface area contributed by atoms with Gasteiger partial charge in [-0.15, -0.1) is 0 Å². The van der Waals surface area contributed by atoms with Crippen LogP contribution in [0.25, 0.3) is 11.1 Å². The maximum Gasteiger partial charge on any atom is 0.307 e. The number of aliphatic carboxylic acids is 1. The Bertz CT molecular complexity index is 929. The Hall–Kier alpha value is -3.06. The van der Waals surface area contributed by atoms with E-state index in [0.717, 1.165) is 16.7 Å². The van der Waals surface area contributed by atoms with Gasteiger partial charge in [-0.3, -0.25) is 14.4 Å². The molecule has 0 aromatic heterocycles. The largest absolute Gasteiger partial charge is 0.496 e. The van der Waals surface area contributed by atoms with Gasteiger partial charge in [0.05, 0.1) is 20.1 Å². The highest BCUT2D eigenvalue weighted by atomic mass is 35.5. The third-order valence-corrected chi connectivity index (χ3v) is 5.02. The van der Waals surface area contributed by atoms with Crippen LogP contribution in [0.1, 0.15) is 38.2 Å². The fourth-order valence-corrected chi connectivity index (χ4v) is 3.48. The highest BCUT2D eigenvalue weighted by Crippen LogP contribution is 2.32. The van der Waals surface area contributed by atoms with Crippen LogP contribution in [0.4, 0.5) is 0 Å². The summed E-state index contributed by atoms with van der Waals surface area (Å²) in [5, 5.41) is 12.2. The van der Waals surface area contributed by atoms with E-state index in [1.807, 2.05) is 30.3 Å². The van der Waals surface area contributed by atoms with Crippen LogP contribution in [0.5, 0.6) is 5.75 Å². The Balaban J connectivity index is 2.10. The van der Waals surface area contributed by atoms with Crippen LogP contribution >= 0.6 is 11.6 Å². The molecule has 32 heavy (non-hydrogen) atoms. The summed E-state index contributed by atoms with van der Waals surface area (Å²) in [4.78, 5) is 34.9. The van der Waals surface area contributed by atoms with Gasteiger partial charge in [-0.25, -0.2) is 0 Å². The lowest BCUT2D eigenvalue weighted by Crippen LogP contribution is -2.38. The smallest absolute Gasteiger partial charge is 0.307 e. The van der Waals surface area contributed by atoms with E-state index in [2.05, 4.69) is 5.32 Å². The molecule has 1 amide bonds. The van der Waals surface area contributed by atoms with Crippen LogP contribution in [-0.2, 0) is 25.5 Å². The second kappa shape index (κ2) is 12.7. The highest BCUT2D eigenvalue weighted by molar-refractivity contribution is 6.31. The standard InChI is InChI=1S/C24H28ClNO6/c1-3-32-24(30)15-19(26-22(27)5-4-6-23(28)29)13-16-7-9-17(10-8-16)20-14-18(25)11-12-21(20)31-2/h7-12,14,19H,3-6,13,15H2,1-2H3,(H,26,27)(H,28,29). The first-order valence-electron chi connectivity index (χ1n) is 10.4. The molecule has 0 radical (unpaired) electrons. The highest BCUT2D eigenvalue weighted by Gasteiger charge is 2.18. The molecule has 0 saturated heterocycles. The fourth-order valence-electron chi connectivity index (χ4n) is 3.31. The van der Waals surface area contributed by atoms with Crippen molar-refractivity contribution < 1.29 is 29.0 Å². The van der Waals surface area contributed by atoms with Gasteiger partial charge < -0.3 is 19.9 Å². The summed E-state index contributed by atoms with van der Waals surface area (Å²) in [6.07, 6.45) is 0.700. The summed E-state index contributed by atoms with van der Waals surface area (Å²) in [6, 6.07) is 12.6. The predicted molar refractivity (Wildman–Crippen MR) is 122 cm³/mol. The zero-order valence-electron chi connectivity index (χ0n) is 18.2. The van der Waals surface area contributed by atoms with Crippen LogP contribution in [0, 0.1) is 0 Å². The molecule has 0 aliphatic heterocycles. The van der Waals surface area contributed by atoms with Crippen molar-refractivity contribution in [1.29, 1.82) is 0 Å². The number of hydrogen-bond donors (Lipinski definition) is 2. The van der Waals surface area contributed by atoms with Gasteiger partial charge in [0.1, 0.15) is 5.75 Å². The summed E-state index contributed by atoms with van der Waals surface area (Å²) < 4.78 is 10.4. The summed E-state index contributed by atoms with van der Waals surface area (Å²) in [6.45, 7) is 1.98. The molecule has 0 bridgehead atoms. The molecule has 0 spiro atoms. The van der Waals surface area contributed by atoms with Gasteiger partial charge in [0.15, 0.2) is 0 Å². The first-order chi connectivity index (χ1) is 15.3. The van der Waals surface area contributed by atoms with E-state index >= 15 is 0 Å². The van der Waals surface area contributed by atoms with Crippen molar-refractivity contribution in [3.8, 4) is 16.9 Å². The number of benzene rings is 2. The van der Waals surface area contributed by atoms with Gasteiger partial charge in [-0.2, -0.15) is 0 Å². The van der Waals surface area contributed by atoms with Gasteiger partial charge in [-0.05, 0) is 49.1 Å². The molecule has 1 unspecified atom stereocenters. The molecule has 0 saturated carbocycles. The quantitative estimate of drug-likeness (QED) is 0.458. The first-order valence-corrected chi connectivity index (χ1v) is 10.8. The zero-order valence-corrected chi connectivity index (χ0v) is 19.0. The van der Waals surface area contributed by atoms with Crippen LogP contribution in [0.2, 0.25) is 5.02 Å². The Morgan fingerprint density at radius 1 is 1.09 bits per heavy atom. The van der Waals surface area contributed by atoms with Crippen molar-refractivity contribution in [2.45, 2.75) is 45.1 Å². The third-order valence-electron chi connectivity index (χ3n) is 4.79. The number of carboxylic acid groups (broad SMARTS) is 1. The van der Waals surface area contributed by atoms with Gasteiger partial charge in [-0.1, -0.05) is 35.9 Å². The van der Waals surface area contributed by atoms with Crippen molar-refractivity contribution >= 4 is 29.4 Å². The molecular formula is C24H28ClNO6. The number of amides is 1. The number of halogens is 1. The van der Waals surface area contributed by atoms with E-state index in [9.17, 15) is 14.4 Å². The lowest BCUT2D eigenvalue weighted by molar-refractivity contribution is -0.143. The fraction of sp³-hybridized carbons (Fsp3) is 0.375. The van der Waals surface area contributed by atoms with Crippen LogP contribution in [0.15, 0.2) is 42.5 Å². The predicted octanol–water partition coefficient (Wildman–Crippen LogP) is 4.25. The maximum absolute atomic E-state index is 12.2. The third kappa shape index (κ3) is 8.23. The van der Waals surface area contributed by atoms with Crippen LogP contribution in [-0.4, -0.2) is 42.7 Å². The molecule has 2 aromatic carbocycles. The summed E-state index contributed by atoms with van der Waals surface area (Å²) in [5.41, 5.74) is 2.71. The maximum atomic E-state index is 12.2. The summed E-state index contributed by atoms with van der Waals surface area (Å²) >= 11 is 6.13. The topological polar surface area (TPSA) is 102 Å². The molecule has 0 heterocycles. The first kappa shape index (κ1) is 25.2. The molecule has 2 rings (SSSR count). The van der Waals surface area contributed by atoms with Crippen molar-refractivity contribution in [3.05, 3.63) is 53.1 Å². The van der Waals surface area contributed by atoms with Crippen molar-refractivity contribution in [1.82, 2.24) is 5.32 Å². The molecule has 2 aromatic rings. The molecule has 8 heteroatoms. The number of ether oxygens (including phenoxy) is 2. The zero-order chi connectivity index (χ0) is 23.5. The average molecular weight is 462 g/mol. The van der Waals surface area contributed by atoms with E-state index in [0.29, 0.717) is 17.2 Å². The molecular weight excluding hydrogens is 434 g/mol. The number of rotatable bonds is 12. The minimum Gasteiger partial charge on any atom is -0.496 e. The van der Waals surface area contributed by atoms with Crippen molar-refractivity contribution in [2.75, 3.05) is 13.7 Å². The Labute approximate surface area is 192 Å². The number of carbonyl (C=O) groups excluding carboxylic acids is 2. The second-order valence-corrected chi connectivity index (χ2v) is 7.70. The minimum atomic E-state index is -0.947. The van der Waals surface area contributed by atoms with E-state index in [1.54, 1.807) is 26.2 Å². The van der Waals surface area contributed by atoms with Crippen molar-refractivity contribution in [2.24, 2.45) is 0 Å². The normalized spacial score (nSPS) is 11.5. The molecule has 0 fully saturated rings. The Kier molecular flexibility index (Phi) is 10.0. The summed E-state index contributed by atoms with van der Waals surface area (Å²) in [5.74, 6) is -0.933. The molecule has 0 aliphatic carbocycles. The van der Waals surface area contributed by atoms with Crippen LogP contribution < -0.4 is 10.1 Å². The molecule has 7 nitrogen and oxygen atoms in total. The molecule has 1 atom stereocenters. The number of methoxy groups -OCH3 is 1. The molecule has 172 valence electrons. The molecule has 0 aliphatic rings. The summed E-state index contributed by atoms with van der Waals surface area (Å²) in [7, 11) is 1.60. The number of hydrogen-bond acceptors (Lipinski definition) is 5. The van der Waals surface area contributed by atoms with E-state index in [4.69, 9.17) is 26.2 Å².